The second kappa shape index (κ2) is 6.94. The maximum Gasteiger partial charge on any atom is 0.391 e. The molecule has 0 unspecified atom stereocenters. The molecule has 1 saturated heterocycles. The van der Waals surface area contributed by atoms with E-state index in [4.69, 9.17) is 9.47 Å². The first-order valence-corrected chi connectivity index (χ1v) is 7.41. The fourth-order valence-electron chi connectivity index (χ4n) is 3.07. The Morgan fingerprint density at radius 2 is 1.70 bits per heavy atom. The summed E-state index contributed by atoms with van der Waals surface area (Å²) in [5, 5.41) is 0. The molecule has 5 heteroatoms. The highest BCUT2D eigenvalue weighted by Crippen LogP contribution is 2.41. The van der Waals surface area contributed by atoms with Crippen molar-refractivity contribution in [2.24, 2.45) is 17.8 Å². The maximum atomic E-state index is 12.6. The van der Waals surface area contributed by atoms with Crippen LogP contribution in [0.1, 0.15) is 40.0 Å². The van der Waals surface area contributed by atoms with E-state index >= 15 is 0 Å². The van der Waals surface area contributed by atoms with Crippen molar-refractivity contribution in [1.29, 1.82) is 0 Å². The zero-order chi connectivity index (χ0) is 14.6. The quantitative estimate of drug-likeness (QED) is 0.708. The van der Waals surface area contributed by atoms with Crippen LogP contribution in [0.4, 0.5) is 13.2 Å². The van der Waals surface area contributed by atoms with Gasteiger partial charge in [0.15, 0.2) is 6.29 Å². The summed E-state index contributed by atoms with van der Waals surface area (Å²) < 4.78 is 49.2. The van der Waals surface area contributed by atoms with Gasteiger partial charge in [0.05, 0.1) is 19.1 Å². The number of allylic oxidation sites excluding steroid dienone is 1. The smallest absolute Gasteiger partial charge is 0.352 e. The standard InChI is InChI=1S/C15H23F3O2.H2/c1-2-3-4-11-9-19-14(20-10-11)12-5-7-13(8-6-12)15(16,17)18;/h2,11-14H,1,3-10H2;1H. The van der Waals surface area contributed by atoms with Crippen LogP contribution in [0.5, 0.6) is 0 Å². The van der Waals surface area contributed by atoms with Crippen molar-refractivity contribution in [3.63, 3.8) is 0 Å². The van der Waals surface area contributed by atoms with Crippen molar-refractivity contribution in [3.8, 4) is 0 Å². The molecule has 0 aromatic heterocycles. The molecule has 0 radical (unpaired) electrons. The van der Waals surface area contributed by atoms with Crippen molar-refractivity contribution in [1.82, 2.24) is 0 Å². The molecule has 2 rings (SSSR count). The van der Waals surface area contributed by atoms with Crippen LogP contribution >= 0.6 is 0 Å². The van der Waals surface area contributed by atoms with Crippen LogP contribution in [-0.2, 0) is 9.47 Å². The third-order valence-electron chi connectivity index (χ3n) is 4.39. The molecule has 0 aromatic carbocycles. The van der Waals surface area contributed by atoms with Gasteiger partial charge in [-0.2, -0.15) is 13.2 Å². The Morgan fingerprint density at radius 1 is 1.10 bits per heavy atom. The summed E-state index contributed by atoms with van der Waals surface area (Å²) in [4.78, 5) is 0. The Morgan fingerprint density at radius 3 is 2.20 bits per heavy atom. The van der Waals surface area contributed by atoms with E-state index in [0.29, 0.717) is 32.0 Å². The van der Waals surface area contributed by atoms with Crippen molar-refractivity contribution >= 4 is 0 Å². The second-order valence-electron chi connectivity index (χ2n) is 5.92. The van der Waals surface area contributed by atoms with Crippen molar-refractivity contribution < 1.29 is 24.1 Å². The number of ether oxygens (including phenoxy) is 2. The molecule has 1 aliphatic heterocycles. The van der Waals surface area contributed by atoms with E-state index < -0.39 is 12.1 Å². The first-order valence-electron chi connectivity index (χ1n) is 7.41. The molecule has 20 heavy (non-hydrogen) atoms. The van der Waals surface area contributed by atoms with E-state index in [1.54, 1.807) is 0 Å². The summed E-state index contributed by atoms with van der Waals surface area (Å²) in [5.74, 6) is -0.632. The van der Waals surface area contributed by atoms with Gasteiger partial charge in [-0.25, -0.2) is 0 Å². The minimum absolute atomic E-state index is 0. The lowest BCUT2D eigenvalue weighted by Crippen LogP contribution is -2.39. The molecule has 0 amide bonds. The highest BCUT2D eigenvalue weighted by atomic mass is 19.4. The number of rotatable bonds is 4. The fourth-order valence-corrected chi connectivity index (χ4v) is 3.07. The lowest BCUT2D eigenvalue weighted by atomic mass is 9.81. The van der Waals surface area contributed by atoms with E-state index in [0.717, 1.165) is 12.8 Å². The number of hydrogen-bond donors (Lipinski definition) is 0. The van der Waals surface area contributed by atoms with E-state index in [1.807, 2.05) is 6.08 Å². The van der Waals surface area contributed by atoms with Crippen LogP contribution in [0.3, 0.4) is 0 Å². The van der Waals surface area contributed by atoms with Crippen LogP contribution < -0.4 is 0 Å². The highest BCUT2D eigenvalue weighted by Gasteiger charge is 2.43. The molecular weight excluding hydrogens is 269 g/mol. The zero-order valence-corrected chi connectivity index (χ0v) is 11.7. The third kappa shape index (κ3) is 4.22. The van der Waals surface area contributed by atoms with E-state index in [2.05, 4.69) is 6.58 Å². The van der Waals surface area contributed by atoms with Crippen LogP contribution in [0.25, 0.3) is 0 Å². The molecule has 118 valence electrons. The molecule has 1 heterocycles. The SMILES string of the molecule is C=CCCC1COC(C2CCC(C(F)(F)F)CC2)OC1.[HH]. The number of hydrogen-bond acceptors (Lipinski definition) is 2. The summed E-state index contributed by atoms with van der Waals surface area (Å²) in [6, 6.07) is 0. The first-order chi connectivity index (χ1) is 9.50. The second-order valence-corrected chi connectivity index (χ2v) is 5.92. The van der Waals surface area contributed by atoms with Crippen molar-refractivity contribution in [2.75, 3.05) is 13.2 Å². The molecule has 2 aliphatic rings. The van der Waals surface area contributed by atoms with Gasteiger partial charge in [0.25, 0.3) is 0 Å². The molecule has 2 nitrogen and oxygen atoms in total. The van der Waals surface area contributed by atoms with Gasteiger partial charge < -0.3 is 9.47 Å². The van der Waals surface area contributed by atoms with Crippen molar-refractivity contribution in [2.45, 2.75) is 51.0 Å². The molecule has 1 saturated carbocycles. The van der Waals surface area contributed by atoms with Gasteiger partial charge >= 0.3 is 6.18 Å². The predicted molar refractivity (Wildman–Crippen MR) is 72.2 cm³/mol. The Balaban J connectivity index is 0.00000220. The molecule has 0 atom stereocenters. The zero-order valence-electron chi connectivity index (χ0n) is 11.7. The van der Waals surface area contributed by atoms with Crippen LogP contribution in [0.15, 0.2) is 12.7 Å². The number of halogens is 3. The van der Waals surface area contributed by atoms with E-state index in [1.165, 1.54) is 0 Å². The van der Waals surface area contributed by atoms with Gasteiger partial charge in [0, 0.05) is 13.3 Å². The van der Waals surface area contributed by atoms with Crippen LogP contribution in [-0.4, -0.2) is 25.7 Å². The number of alkyl halides is 3. The topological polar surface area (TPSA) is 18.5 Å². The highest BCUT2D eigenvalue weighted by molar-refractivity contribution is 4.80. The average Bonchev–Trinajstić information content (AvgIpc) is 2.45. The van der Waals surface area contributed by atoms with E-state index in [9.17, 15) is 13.2 Å². The third-order valence-corrected chi connectivity index (χ3v) is 4.39. The van der Waals surface area contributed by atoms with Gasteiger partial charge in [-0.05, 0) is 38.5 Å². The van der Waals surface area contributed by atoms with Crippen LogP contribution in [0.2, 0.25) is 0 Å². The average molecular weight is 294 g/mol. The Bertz CT molecular complexity index is 307. The van der Waals surface area contributed by atoms with Gasteiger partial charge in [-0.1, -0.05) is 6.08 Å². The Labute approximate surface area is 119 Å². The summed E-state index contributed by atoms with van der Waals surface area (Å²) >= 11 is 0. The normalized spacial score (nSPS) is 35.8. The summed E-state index contributed by atoms with van der Waals surface area (Å²) in [7, 11) is 0. The minimum atomic E-state index is -4.05. The Kier molecular flexibility index (Phi) is 5.49. The summed E-state index contributed by atoms with van der Waals surface area (Å²) in [5.41, 5.74) is 0. The Hall–Kier alpha value is -0.550. The molecule has 1 aliphatic carbocycles. The van der Waals surface area contributed by atoms with Gasteiger partial charge in [0.2, 0.25) is 0 Å². The lowest BCUT2D eigenvalue weighted by molar-refractivity contribution is -0.238. The van der Waals surface area contributed by atoms with Crippen molar-refractivity contribution in [3.05, 3.63) is 12.7 Å². The maximum absolute atomic E-state index is 12.6. The molecule has 0 bridgehead atoms. The van der Waals surface area contributed by atoms with Gasteiger partial charge in [0.1, 0.15) is 0 Å². The summed E-state index contributed by atoms with van der Waals surface area (Å²) in [6.07, 6.45) is 0.978. The summed E-state index contributed by atoms with van der Waals surface area (Å²) in [6.45, 7) is 4.99. The minimum Gasteiger partial charge on any atom is -0.352 e. The van der Waals surface area contributed by atoms with Gasteiger partial charge in [-0.15, -0.1) is 6.58 Å². The molecule has 0 spiro atoms. The molecule has 2 fully saturated rings. The monoisotopic (exact) mass is 294 g/mol. The molecule has 0 N–H and O–H groups in total. The largest absolute Gasteiger partial charge is 0.391 e. The molecular formula is C15H25F3O2. The predicted octanol–water partition coefficient (Wildman–Crippen LogP) is 4.56. The van der Waals surface area contributed by atoms with Gasteiger partial charge in [-0.3, -0.25) is 0 Å². The van der Waals surface area contributed by atoms with Crippen LogP contribution in [0, 0.1) is 17.8 Å². The first kappa shape index (κ1) is 15.8. The lowest BCUT2D eigenvalue weighted by Gasteiger charge is -2.37. The molecule has 0 aromatic rings. The van der Waals surface area contributed by atoms with E-state index in [-0.39, 0.29) is 26.5 Å². The fraction of sp³-hybridized carbons (Fsp3) is 0.867.